The van der Waals surface area contributed by atoms with Gasteiger partial charge in [0.2, 0.25) is 0 Å². The van der Waals surface area contributed by atoms with E-state index in [0.29, 0.717) is 43.5 Å². The predicted octanol–water partition coefficient (Wildman–Crippen LogP) is 1.72. The Kier molecular flexibility index (Phi) is 7.01. The van der Waals surface area contributed by atoms with Crippen molar-refractivity contribution in [3.05, 3.63) is 0 Å². The summed E-state index contributed by atoms with van der Waals surface area (Å²) in [6.07, 6.45) is 8.55. The molecule has 8 heteroatoms. The molecule has 0 aliphatic carbocycles. The van der Waals surface area contributed by atoms with Crippen molar-refractivity contribution in [2.24, 2.45) is 11.8 Å². The zero-order valence-corrected chi connectivity index (χ0v) is 18.9. The fourth-order valence-electron chi connectivity index (χ4n) is 4.99. The topological polar surface area (TPSA) is 93.6 Å². The summed E-state index contributed by atoms with van der Waals surface area (Å²) in [6.45, 7) is 6.49. The largest absolute Gasteiger partial charge is 0.375 e. The third kappa shape index (κ3) is 7.34. The second kappa shape index (κ2) is 10.1. The maximum Gasteiger partial charge on any atom is 0.104 e. The van der Waals surface area contributed by atoms with E-state index in [1.54, 1.807) is 0 Å². The van der Waals surface area contributed by atoms with E-state index in [-0.39, 0.29) is 30.3 Å². The Morgan fingerprint density at radius 2 is 1.06 bits per heavy atom. The van der Waals surface area contributed by atoms with Crippen LogP contribution in [0.15, 0.2) is 0 Å². The molecule has 6 rings (SSSR count). The monoisotopic (exact) mass is 454 g/mol. The van der Waals surface area contributed by atoms with E-state index in [9.17, 15) is 0 Å². The Hall–Kier alpha value is -0.320. The summed E-state index contributed by atoms with van der Waals surface area (Å²) in [4.78, 5) is 0. The Morgan fingerprint density at radius 1 is 0.562 bits per heavy atom. The van der Waals surface area contributed by atoms with E-state index < -0.39 is 0 Å². The third-order valence-electron chi connectivity index (χ3n) is 7.48. The zero-order valence-electron chi connectivity index (χ0n) is 18.9. The molecule has 32 heavy (non-hydrogen) atoms. The lowest BCUT2D eigenvalue weighted by molar-refractivity contribution is -0.103. The highest BCUT2D eigenvalue weighted by Gasteiger charge is 2.44. The van der Waals surface area contributed by atoms with Crippen LogP contribution in [0.2, 0.25) is 0 Å². The van der Waals surface area contributed by atoms with Crippen LogP contribution in [0, 0.1) is 11.8 Å². The van der Waals surface area contributed by atoms with Gasteiger partial charge >= 0.3 is 0 Å². The molecule has 6 heterocycles. The molecule has 8 nitrogen and oxygen atoms in total. The maximum absolute atomic E-state index is 6.71. The van der Waals surface area contributed by atoms with E-state index in [0.717, 1.165) is 78.2 Å². The van der Waals surface area contributed by atoms with Crippen LogP contribution in [-0.4, -0.2) is 102 Å². The standard InChI is InChI=1S/C24H38O8/c1(2-16-7-25-16)15(5-18-9-27-18)24(32-14-21-12-30-21)22(6-19-10-28-19)23(4-3-17-8-26-17)31-13-20-11-29-20/h15-24H,1-14H2. The molecule has 0 aromatic rings. The van der Waals surface area contributed by atoms with Gasteiger partial charge in [-0.1, -0.05) is 0 Å². The summed E-state index contributed by atoms with van der Waals surface area (Å²) in [6, 6.07) is 0. The van der Waals surface area contributed by atoms with E-state index >= 15 is 0 Å². The highest BCUT2D eigenvalue weighted by molar-refractivity contribution is 4.92. The lowest BCUT2D eigenvalue weighted by Gasteiger charge is -2.38. The Balaban J connectivity index is 1.18. The molecular formula is C24H38O8. The number of epoxide rings is 6. The summed E-state index contributed by atoms with van der Waals surface area (Å²) in [5.41, 5.74) is 0. The van der Waals surface area contributed by atoms with E-state index in [1.807, 2.05) is 0 Å². The lowest BCUT2D eigenvalue weighted by atomic mass is 9.78. The van der Waals surface area contributed by atoms with Gasteiger partial charge in [0.1, 0.15) is 12.2 Å². The van der Waals surface area contributed by atoms with Crippen LogP contribution in [0.3, 0.4) is 0 Å². The minimum absolute atomic E-state index is 0.108. The van der Waals surface area contributed by atoms with E-state index in [1.165, 1.54) is 0 Å². The van der Waals surface area contributed by atoms with Crippen LogP contribution < -0.4 is 0 Å². The van der Waals surface area contributed by atoms with Gasteiger partial charge in [-0.25, -0.2) is 0 Å². The van der Waals surface area contributed by atoms with E-state index in [4.69, 9.17) is 37.9 Å². The predicted molar refractivity (Wildman–Crippen MR) is 113 cm³/mol. The zero-order chi connectivity index (χ0) is 21.3. The molecule has 0 amide bonds. The Labute approximate surface area is 190 Å². The molecule has 6 saturated heterocycles. The molecule has 10 unspecified atom stereocenters. The number of ether oxygens (including phenoxy) is 8. The summed E-state index contributed by atoms with van der Waals surface area (Å²) < 4.78 is 46.6. The van der Waals surface area contributed by atoms with Crippen LogP contribution >= 0.6 is 0 Å². The SMILES string of the molecule is C(CC(CC1CO1)C(OCC1CO1)C(CC1CO1)C(CCC1CO1)OCC1CO1)C1CO1. The number of hydrogen-bond donors (Lipinski definition) is 0. The quantitative estimate of drug-likeness (QED) is 0.272. The van der Waals surface area contributed by atoms with Crippen molar-refractivity contribution in [3.8, 4) is 0 Å². The molecule has 182 valence electrons. The first kappa shape index (κ1) is 22.2. The summed E-state index contributed by atoms with van der Waals surface area (Å²) in [7, 11) is 0. The van der Waals surface area contributed by atoms with Crippen molar-refractivity contribution in [1.29, 1.82) is 0 Å². The molecule has 0 spiro atoms. The van der Waals surface area contributed by atoms with Crippen molar-refractivity contribution < 1.29 is 37.9 Å². The van der Waals surface area contributed by atoms with Gasteiger partial charge in [0, 0.05) is 5.92 Å². The van der Waals surface area contributed by atoms with Gasteiger partial charge in [0.25, 0.3) is 0 Å². The van der Waals surface area contributed by atoms with Gasteiger partial charge in [-0.3, -0.25) is 0 Å². The molecule has 0 N–H and O–H groups in total. The smallest absolute Gasteiger partial charge is 0.104 e. The van der Waals surface area contributed by atoms with Crippen molar-refractivity contribution in [2.75, 3.05) is 52.9 Å². The van der Waals surface area contributed by atoms with Crippen molar-refractivity contribution in [3.63, 3.8) is 0 Å². The van der Waals surface area contributed by atoms with Crippen molar-refractivity contribution in [2.45, 2.75) is 87.4 Å². The molecule has 6 aliphatic heterocycles. The molecule has 0 saturated carbocycles. The highest BCUT2D eigenvalue weighted by Crippen LogP contribution is 2.39. The summed E-state index contributed by atoms with van der Waals surface area (Å²) in [5.74, 6) is 0.706. The molecule has 10 atom stereocenters. The molecule has 0 bridgehead atoms. The minimum Gasteiger partial charge on any atom is -0.375 e. The third-order valence-corrected chi connectivity index (χ3v) is 7.48. The second-order valence-electron chi connectivity index (χ2n) is 10.5. The van der Waals surface area contributed by atoms with Crippen LogP contribution in [0.25, 0.3) is 0 Å². The molecule has 0 aromatic heterocycles. The average molecular weight is 455 g/mol. The van der Waals surface area contributed by atoms with Crippen molar-refractivity contribution in [1.82, 2.24) is 0 Å². The number of rotatable bonds is 19. The Bertz CT molecular complexity index is 579. The normalized spacial score (nSPS) is 39.8. The first-order chi connectivity index (χ1) is 15.8. The van der Waals surface area contributed by atoms with E-state index in [2.05, 4.69) is 0 Å². The summed E-state index contributed by atoms with van der Waals surface area (Å²) >= 11 is 0. The van der Waals surface area contributed by atoms with Crippen LogP contribution in [0.1, 0.15) is 38.5 Å². The Morgan fingerprint density at radius 3 is 1.62 bits per heavy atom. The fraction of sp³-hybridized carbons (Fsp3) is 1.00. The van der Waals surface area contributed by atoms with Gasteiger partial charge in [-0.05, 0) is 44.4 Å². The van der Waals surface area contributed by atoms with Crippen molar-refractivity contribution >= 4 is 0 Å². The lowest BCUT2D eigenvalue weighted by Crippen LogP contribution is -2.43. The first-order valence-corrected chi connectivity index (χ1v) is 12.7. The molecule has 0 aromatic carbocycles. The second-order valence-corrected chi connectivity index (χ2v) is 10.5. The van der Waals surface area contributed by atoms with Gasteiger partial charge < -0.3 is 37.9 Å². The van der Waals surface area contributed by atoms with Gasteiger partial charge in [0.05, 0.1) is 89.5 Å². The highest BCUT2D eigenvalue weighted by atomic mass is 16.6. The molecular weight excluding hydrogens is 416 g/mol. The molecule has 0 radical (unpaired) electrons. The molecule has 6 fully saturated rings. The minimum atomic E-state index is 0.108. The van der Waals surface area contributed by atoms with Crippen LogP contribution in [0.4, 0.5) is 0 Å². The van der Waals surface area contributed by atoms with Crippen LogP contribution in [-0.2, 0) is 37.9 Å². The average Bonchev–Trinajstić information content (AvgIpc) is 3.56. The van der Waals surface area contributed by atoms with Gasteiger partial charge in [-0.15, -0.1) is 0 Å². The fourth-order valence-corrected chi connectivity index (χ4v) is 4.99. The van der Waals surface area contributed by atoms with Gasteiger partial charge in [0.15, 0.2) is 0 Å². The van der Waals surface area contributed by atoms with Gasteiger partial charge in [-0.2, -0.15) is 0 Å². The number of hydrogen-bond acceptors (Lipinski definition) is 8. The van der Waals surface area contributed by atoms with Crippen LogP contribution in [0.5, 0.6) is 0 Å². The maximum atomic E-state index is 6.71. The summed E-state index contributed by atoms with van der Waals surface area (Å²) in [5, 5.41) is 0. The molecule has 6 aliphatic rings. The first-order valence-electron chi connectivity index (χ1n) is 12.7.